The van der Waals surface area contributed by atoms with Gasteiger partial charge in [0.15, 0.2) is 11.5 Å². The van der Waals surface area contributed by atoms with E-state index < -0.39 is 10.5 Å². The second kappa shape index (κ2) is 5.53. The molecule has 7 nitrogen and oxygen atoms in total. The van der Waals surface area contributed by atoms with Gasteiger partial charge in [-0.3, -0.25) is 20.2 Å². The molecule has 0 bridgehead atoms. The Morgan fingerprint density at radius 1 is 1.13 bits per heavy atom. The van der Waals surface area contributed by atoms with Gasteiger partial charge in [-0.1, -0.05) is 30.3 Å². The van der Waals surface area contributed by atoms with E-state index in [9.17, 15) is 14.9 Å². The average molecular weight is 310 g/mol. The molecule has 1 aliphatic heterocycles. The smallest absolute Gasteiger partial charge is 0.269 e. The van der Waals surface area contributed by atoms with Crippen LogP contribution in [0.1, 0.15) is 11.1 Å². The number of carbonyl (C=O) groups excluding carboxylic acids is 1. The van der Waals surface area contributed by atoms with Gasteiger partial charge in [0.25, 0.3) is 11.6 Å². The van der Waals surface area contributed by atoms with E-state index in [1.165, 1.54) is 12.1 Å². The summed E-state index contributed by atoms with van der Waals surface area (Å²) in [5.41, 5.74) is 5.91. The summed E-state index contributed by atoms with van der Waals surface area (Å²) in [5.74, 6) is -0.294. The summed E-state index contributed by atoms with van der Waals surface area (Å²) in [5, 5.41) is 13.3. The largest absolute Gasteiger partial charge is 0.370 e. The third kappa shape index (κ3) is 2.64. The maximum absolute atomic E-state index is 12.5. The highest BCUT2D eigenvalue weighted by molar-refractivity contribution is 6.07. The van der Waals surface area contributed by atoms with Crippen molar-refractivity contribution in [2.24, 2.45) is 10.7 Å². The second-order valence-electron chi connectivity index (χ2n) is 5.28. The maximum Gasteiger partial charge on any atom is 0.269 e. The lowest BCUT2D eigenvalue weighted by atomic mass is 9.84. The van der Waals surface area contributed by atoms with E-state index in [-0.39, 0.29) is 17.6 Å². The van der Waals surface area contributed by atoms with E-state index in [4.69, 9.17) is 5.73 Å². The second-order valence-corrected chi connectivity index (χ2v) is 5.28. The van der Waals surface area contributed by atoms with Gasteiger partial charge in [0.2, 0.25) is 0 Å². The highest BCUT2D eigenvalue weighted by Crippen LogP contribution is 2.34. The van der Waals surface area contributed by atoms with Crippen molar-refractivity contribution < 1.29 is 9.72 Å². The number of aliphatic imine (C=N–C) groups is 1. The number of nitro benzene ring substituents is 1. The Bertz CT molecular complexity index is 787. The standard InChI is InChI=1S/C16H14N4O3/c17-15-18-14(21)16(19-15,10-11-4-2-1-3-5-11)12-6-8-13(9-7-12)20(22)23/h1-9H,10H2,(H3,17,18,19,21)/t16-/m1/s1. The van der Waals surface area contributed by atoms with Gasteiger partial charge in [0.1, 0.15) is 0 Å². The number of nitrogens with one attached hydrogen (secondary N) is 1. The lowest BCUT2D eigenvalue weighted by Gasteiger charge is -2.24. The van der Waals surface area contributed by atoms with Gasteiger partial charge in [0, 0.05) is 18.6 Å². The van der Waals surface area contributed by atoms with E-state index in [1.54, 1.807) is 12.1 Å². The van der Waals surface area contributed by atoms with Crippen LogP contribution in [0.3, 0.4) is 0 Å². The first-order chi connectivity index (χ1) is 11.0. The molecule has 23 heavy (non-hydrogen) atoms. The minimum Gasteiger partial charge on any atom is -0.370 e. The van der Waals surface area contributed by atoms with Crippen molar-refractivity contribution in [1.82, 2.24) is 5.32 Å². The van der Waals surface area contributed by atoms with Crippen LogP contribution >= 0.6 is 0 Å². The Morgan fingerprint density at radius 2 is 1.78 bits per heavy atom. The van der Waals surface area contributed by atoms with Crippen LogP contribution in [0.4, 0.5) is 5.69 Å². The van der Waals surface area contributed by atoms with Gasteiger partial charge in [-0.05, 0) is 23.3 Å². The predicted octanol–water partition coefficient (Wildman–Crippen LogP) is 1.48. The van der Waals surface area contributed by atoms with Crippen LogP contribution in [0.25, 0.3) is 0 Å². The lowest BCUT2D eigenvalue weighted by molar-refractivity contribution is -0.384. The fourth-order valence-corrected chi connectivity index (χ4v) is 2.67. The van der Waals surface area contributed by atoms with Crippen LogP contribution in [-0.2, 0) is 16.8 Å². The van der Waals surface area contributed by atoms with Gasteiger partial charge in [-0.15, -0.1) is 0 Å². The molecule has 1 amide bonds. The quantitative estimate of drug-likeness (QED) is 0.658. The van der Waals surface area contributed by atoms with Crippen molar-refractivity contribution in [3.8, 4) is 0 Å². The Kier molecular flexibility index (Phi) is 3.53. The summed E-state index contributed by atoms with van der Waals surface area (Å²) in [6, 6.07) is 15.2. The highest BCUT2D eigenvalue weighted by atomic mass is 16.6. The molecule has 0 fully saturated rings. The SMILES string of the molecule is NC1=N[C@](Cc2ccccc2)(c2ccc([N+](=O)[O-])cc2)C(=O)N1. The van der Waals surface area contributed by atoms with Crippen molar-refractivity contribution in [3.63, 3.8) is 0 Å². The Balaban J connectivity index is 2.06. The molecule has 116 valence electrons. The molecule has 2 aromatic rings. The molecule has 1 atom stereocenters. The number of non-ortho nitro benzene ring substituents is 1. The lowest BCUT2D eigenvalue weighted by Crippen LogP contribution is -2.40. The minimum atomic E-state index is -1.21. The molecule has 7 heteroatoms. The molecule has 0 aromatic heterocycles. The molecular formula is C16H14N4O3. The molecule has 1 heterocycles. The van der Waals surface area contributed by atoms with Gasteiger partial charge < -0.3 is 5.73 Å². The van der Waals surface area contributed by atoms with E-state index >= 15 is 0 Å². The molecule has 0 saturated heterocycles. The Morgan fingerprint density at radius 3 is 2.30 bits per heavy atom. The minimum absolute atomic E-state index is 0.0426. The average Bonchev–Trinajstić information content (AvgIpc) is 2.83. The van der Waals surface area contributed by atoms with Gasteiger partial charge >= 0.3 is 0 Å². The third-order valence-corrected chi connectivity index (χ3v) is 3.79. The first kappa shape index (κ1) is 14.7. The fourth-order valence-electron chi connectivity index (χ4n) is 2.67. The Hall–Kier alpha value is -3.22. The third-order valence-electron chi connectivity index (χ3n) is 3.79. The maximum atomic E-state index is 12.5. The zero-order valence-electron chi connectivity index (χ0n) is 12.1. The molecular weight excluding hydrogens is 296 g/mol. The van der Waals surface area contributed by atoms with Gasteiger partial charge in [0.05, 0.1) is 4.92 Å². The number of guanidine groups is 1. The number of nitro groups is 1. The number of rotatable bonds is 4. The molecule has 0 saturated carbocycles. The summed E-state index contributed by atoms with van der Waals surface area (Å²) >= 11 is 0. The van der Waals surface area contributed by atoms with Gasteiger partial charge in [-0.2, -0.15) is 0 Å². The number of hydrogen-bond acceptors (Lipinski definition) is 5. The molecule has 0 spiro atoms. The molecule has 3 N–H and O–H groups in total. The summed E-state index contributed by atoms with van der Waals surface area (Å²) in [7, 11) is 0. The van der Waals surface area contributed by atoms with E-state index in [1.807, 2.05) is 30.3 Å². The van der Waals surface area contributed by atoms with Crippen LogP contribution in [0.2, 0.25) is 0 Å². The van der Waals surface area contributed by atoms with E-state index in [0.29, 0.717) is 12.0 Å². The monoisotopic (exact) mass is 310 g/mol. The van der Waals surface area contributed by atoms with Crippen LogP contribution in [0.15, 0.2) is 59.6 Å². The zero-order valence-corrected chi connectivity index (χ0v) is 12.1. The van der Waals surface area contributed by atoms with E-state index in [2.05, 4.69) is 10.3 Å². The molecule has 1 aliphatic rings. The van der Waals surface area contributed by atoms with Crippen molar-refractivity contribution in [3.05, 3.63) is 75.8 Å². The number of benzene rings is 2. The summed E-state index contributed by atoms with van der Waals surface area (Å²) in [4.78, 5) is 27.1. The fraction of sp³-hybridized carbons (Fsp3) is 0.125. The highest BCUT2D eigenvalue weighted by Gasteiger charge is 2.45. The summed E-state index contributed by atoms with van der Waals surface area (Å²) in [6.07, 6.45) is 0.318. The van der Waals surface area contributed by atoms with Gasteiger partial charge in [-0.25, -0.2) is 4.99 Å². The van der Waals surface area contributed by atoms with Crippen molar-refractivity contribution in [2.75, 3.05) is 0 Å². The molecule has 3 rings (SSSR count). The molecule has 0 radical (unpaired) electrons. The molecule has 0 aliphatic carbocycles. The number of nitrogens with two attached hydrogens (primary N) is 1. The summed E-state index contributed by atoms with van der Waals surface area (Å²) < 4.78 is 0. The van der Waals surface area contributed by atoms with Crippen molar-refractivity contribution >= 4 is 17.6 Å². The van der Waals surface area contributed by atoms with Crippen LogP contribution in [0, 0.1) is 10.1 Å². The van der Waals surface area contributed by atoms with Crippen molar-refractivity contribution in [2.45, 2.75) is 12.0 Å². The normalized spacial score (nSPS) is 20.0. The zero-order chi connectivity index (χ0) is 16.4. The first-order valence-corrected chi connectivity index (χ1v) is 6.97. The Labute approximate surface area is 132 Å². The van der Waals surface area contributed by atoms with E-state index in [0.717, 1.165) is 5.56 Å². The summed E-state index contributed by atoms with van der Waals surface area (Å²) in [6.45, 7) is 0. The predicted molar refractivity (Wildman–Crippen MR) is 84.7 cm³/mol. The van der Waals surface area contributed by atoms with Crippen LogP contribution in [-0.4, -0.2) is 16.8 Å². The van der Waals surface area contributed by atoms with Crippen LogP contribution < -0.4 is 11.1 Å². The molecule has 2 aromatic carbocycles. The first-order valence-electron chi connectivity index (χ1n) is 6.97. The number of carbonyl (C=O) groups is 1. The number of nitrogens with zero attached hydrogens (tertiary/aromatic N) is 2. The van der Waals surface area contributed by atoms with Crippen molar-refractivity contribution in [1.29, 1.82) is 0 Å². The topological polar surface area (TPSA) is 111 Å². The number of amides is 1. The molecule has 0 unspecified atom stereocenters. The van der Waals surface area contributed by atoms with Crippen LogP contribution in [0.5, 0.6) is 0 Å². The number of hydrogen-bond donors (Lipinski definition) is 2.